The molecule has 1 aliphatic heterocycles. The summed E-state index contributed by atoms with van der Waals surface area (Å²) in [5.41, 5.74) is 2.40. The van der Waals surface area contributed by atoms with Gasteiger partial charge >= 0.3 is 0 Å². The van der Waals surface area contributed by atoms with Crippen LogP contribution in [0.2, 0.25) is 0 Å². The molecule has 1 aliphatic rings. The number of para-hydroxylation sites is 2. The molecule has 146 valence electrons. The van der Waals surface area contributed by atoms with E-state index >= 15 is 0 Å². The second kappa shape index (κ2) is 8.39. The molecule has 1 amide bonds. The van der Waals surface area contributed by atoms with Crippen LogP contribution in [0.25, 0.3) is 0 Å². The molecular weight excluding hydrogens is 377 g/mol. The molecule has 1 atom stereocenters. The zero-order chi connectivity index (χ0) is 20.3. The lowest BCUT2D eigenvalue weighted by molar-refractivity contribution is -0.113. The number of nitrogens with zero attached hydrogens (tertiary/aromatic N) is 1. The van der Waals surface area contributed by atoms with Gasteiger partial charge in [0.2, 0.25) is 0 Å². The molecule has 3 rings (SSSR count). The van der Waals surface area contributed by atoms with E-state index in [0.29, 0.717) is 34.2 Å². The van der Waals surface area contributed by atoms with Crippen molar-refractivity contribution < 1.29 is 13.9 Å². The topological polar surface area (TPSA) is 53.6 Å². The molecule has 0 spiro atoms. The maximum absolute atomic E-state index is 13.8. The third-order valence-electron chi connectivity index (χ3n) is 4.69. The summed E-state index contributed by atoms with van der Waals surface area (Å²) in [4.78, 5) is 15.1. The third kappa shape index (κ3) is 3.84. The molecule has 0 saturated heterocycles. The van der Waals surface area contributed by atoms with Gasteiger partial charge in [-0.3, -0.25) is 4.79 Å². The Balaban J connectivity index is 2.04. The highest BCUT2D eigenvalue weighted by Gasteiger charge is 2.33. The molecule has 0 saturated carbocycles. The van der Waals surface area contributed by atoms with E-state index in [9.17, 15) is 9.18 Å². The van der Waals surface area contributed by atoms with Crippen molar-refractivity contribution in [3.05, 3.63) is 71.2 Å². The van der Waals surface area contributed by atoms with E-state index in [1.165, 1.54) is 12.1 Å². The molecule has 0 aromatic heterocycles. The molecule has 2 aromatic carbocycles. The first-order chi connectivity index (χ1) is 13.5. The molecule has 2 aromatic rings. The van der Waals surface area contributed by atoms with Gasteiger partial charge in [-0.15, -0.1) is 0 Å². The van der Waals surface area contributed by atoms with Gasteiger partial charge in [-0.1, -0.05) is 24.3 Å². The fourth-order valence-electron chi connectivity index (χ4n) is 3.33. The summed E-state index contributed by atoms with van der Waals surface area (Å²) >= 11 is 5.46. The summed E-state index contributed by atoms with van der Waals surface area (Å²) in [6, 6.07) is 12.8. The van der Waals surface area contributed by atoms with Crippen molar-refractivity contribution in [3.63, 3.8) is 0 Å². The van der Waals surface area contributed by atoms with Crippen molar-refractivity contribution in [3.8, 4) is 5.75 Å². The van der Waals surface area contributed by atoms with Crippen LogP contribution < -0.4 is 15.4 Å². The summed E-state index contributed by atoms with van der Waals surface area (Å²) in [6.07, 6.45) is 0. The third-order valence-corrected chi connectivity index (χ3v) is 5.03. The minimum absolute atomic E-state index is 0.301. The van der Waals surface area contributed by atoms with E-state index in [0.717, 1.165) is 5.70 Å². The number of carbonyl (C=O) groups excluding carboxylic acids is 1. The predicted molar refractivity (Wildman–Crippen MR) is 112 cm³/mol. The molecule has 0 radical (unpaired) electrons. The number of amides is 1. The number of nitrogens with one attached hydrogen (secondary N) is 2. The highest BCUT2D eigenvalue weighted by molar-refractivity contribution is 7.80. The van der Waals surface area contributed by atoms with Gasteiger partial charge in [-0.05, 0) is 55.9 Å². The zero-order valence-electron chi connectivity index (χ0n) is 16.0. The highest BCUT2D eigenvalue weighted by Crippen LogP contribution is 2.32. The number of anilines is 1. The number of allylic oxidation sites excluding steroid dienone is 1. The van der Waals surface area contributed by atoms with Crippen LogP contribution in [0, 0.1) is 5.82 Å². The molecule has 0 unspecified atom stereocenters. The minimum Gasteiger partial charge on any atom is -0.495 e. The molecular formula is C21H22FN3O2S. The summed E-state index contributed by atoms with van der Waals surface area (Å²) in [6.45, 7) is 4.41. The molecule has 7 heteroatoms. The van der Waals surface area contributed by atoms with Gasteiger partial charge in [0.1, 0.15) is 11.6 Å². The van der Waals surface area contributed by atoms with E-state index < -0.39 is 6.04 Å². The number of carbonyl (C=O) groups is 1. The Morgan fingerprint density at radius 3 is 2.71 bits per heavy atom. The van der Waals surface area contributed by atoms with Crippen LogP contribution in [0.5, 0.6) is 5.75 Å². The summed E-state index contributed by atoms with van der Waals surface area (Å²) < 4.78 is 19.1. The van der Waals surface area contributed by atoms with Gasteiger partial charge in [-0.25, -0.2) is 4.39 Å². The molecule has 0 aliphatic carbocycles. The number of rotatable bonds is 5. The minimum atomic E-state index is -0.555. The molecule has 0 bridgehead atoms. The lowest BCUT2D eigenvalue weighted by Gasteiger charge is -2.37. The van der Waals surface area contributed by atoms with E-state index in [1.807, 2.05) is 30.9 Å². The smallest absolute Gasteiger partial charge is 0.255 e. The van der Waals surface area contributed by atoms with Crippen LogP contribution in [0.3, 0.4) is 0 Å². The highest BCUT2D eigenvalue weighted by atomic mass is 32.1. The Morgan fingerprint density at radius 2 is 2.04 bits per heavy atom. The second-order valence-electron chi connectivity index (χ2n) is 6.34. The molecule has 28 heavy (non-hydrogen) atoms. The van der Waals surface area contributed by atoms with Crippen LogP contribution in [0.4, 0.5) is 10.1 Å². The number of ether oxygens (including phenoxy) is 1. The fraction of sp³-hybridized carbons (Fsp3) is 0.238. The summed E-state index contributed by atoms with van der Waals surface area (Å²) in [5.74, 6) is -0.113. The van der Waals surface area contributed by atoms with Crippen LogP contribution >= 0.6 is 12.2 Å². The monoisotopic (exact) mass is 399 g/mol. The van der Waals surface area contributed by atoms with Crippen molar-refractivity contribution in [2.75, 3.05) is 19.0 Å². The number of thiocarbonyl (C=S) groups is 1. The average molecular weight is 399 g/mol. The summed E-state index contributed by atoms with van der Waals surface area (Å²) in [7, 11) is 1.55. The second-order valence-corrected chi connectivity index (χ2v) is 6.72. The van der Waals surface area contributed by atoms with Gasteiger partial charge in [0.15, 0.2) is 5.11 Å². The number of halogens is 1. The average Bonchev–Trinajstić information content (AvgIpc) is 2.68. The van der Waals surface area contributed by atoms with Crippen LogP contribution in [-0.4, -0.2) is 29.6 Å². The Kier molecular flexibility index (Phi) is 5.94. The van der Waals surface area contributed by atoms with Crippen LogP contribution in [0.15, 0.2) is 59.8 Å². The first kappa shape index (κ1) is 19.8. The van der Waals surface area contributed by atoms with Crippen molar-refractivity contribution in [2.24, 2.45) is 0 Å². The molecule has 0 fully saturated rings. The lowest BCUT2D eigenvalue weighted by Crippen LogP contribution is -2.48. The predicted octanol–water partition coefficient (Wildman–Crippen LogP) is 4.00. The molecule has 5 nitrogen and oxygen atoms in total. The first-order valence-electron chi connectivity index (χ1n) is 8.94. The Labute approximate surface area is 169 Å². The summed E-state index contributed by atoms with van der Waals surface area (Å²) in [5, 5.41) is 6.59. The van der Waals surface area contributed by atoms with Crippen molar-refractivity contribution in [1.29, 1.82) is 0 Å². The number of hydrogen-bond acceptors (Lipinski definition) is 3. The Morgan fingerprint density at radius 1 is 1.29 bits per heavy atom. The standard InChI is InChI=1S/C21H22FN3O2S/c1-4-25-13(2)18(20(26)23-16-10-5-6-11-17(16)27-3)19(24-21(25)28)14-8-7-9-15(22)12-14/h5-12,19H,4H2,1-3H3,(H,23,26)(H,24,28)/t19-/m1/s1. The van der Waals surface area contributed by atoms with Crippen LogP contribution in [-0.2, 0) is 4.79 Å². The van der Waals surface area contributed by atoms with E-state index in [-0.39, 0.29) is 11.7 Å². The normalized spacial score (nSPS) is 16.6. The zero-order valence-corrected chi connectivity index (χ0v) is 16.8. The van der Waals surface area contributed by atoms with Gasteiger partial charge in [0.25, 0.3) is 5.91 Å². The van der Waals surface area contributed by atoms with Gasteiger partial charge < -0.3 is 20.3 Å². The van der Waals surface area contributed by atoms with E-state index in [4.69, 9.17) is 17.0 Å². The SMILES string of the molecule is CCN1C(=S)N[C@H](c2cccc(F)c2)C(C(=O)Nc2ccccc2OC)=C1C. The Bertz CT molecular complexity index is 945. The van der Waals surface area contributed by atoms with Crippen LogP contribution in [0.1, 0.15) is 25.5 Å². The molecule has 2 N–H and O–H groups in total. The van der Waals surface area contributed by atoms with E-state index in [1.54, 1.807) is 31.4 Å². The maximum atomic E-state index is 13.8. The largest absolute Gasteiger partial charge is 0.495 e. The van der Waals surface area contributed by atoms with Gasteiger partial charge in [-0.2, -0.15) is 0 Å². The van der Waals surface area contributed by atoms with E-state index in [2.05, 4.69) is 10.6 Å². The fourth-order valence-corrected chi connectivity index (χ4v) is 3.71. The maximum Gasteiger partial charge on any atom is 0.255 e. The Hall–Kier alpha value is -2.93. The molecule has 1 heterocycles. The van der Waals surface area contributed by atoms with Crippen molar-refractivity contribution >= 4 is 28.9 Å². The van der Waals surface area contributed by atoms with Crippen molar-refractivity contribution in [1.82, 2.24) is 10.2 Å². The quantitative estimate of drug-likeness (QED) is 0.745. The first-order valence-corrected chi connectivity index (χ1v) is 9.35. The number of hydrogen-bond donors (Lipinski definition) is 2. The number of methoxy groups -OCH3 is 1. The lowest BCUT2D eigenvalue weighted by atomic mass is 9.94. The van der Waals surface area contributed by atoms with Gasteiger partial charge in [0, 0.05) is 12.2 Å². The number of benzene rings is 2. The van der Waals surface area contributed by atoms with Crippen molar-refractivity contribution in [2.45, 2.75) is 19.9 Å². The van der Waals surface area contributed by atoms with Gasteiger partial charge in [0.05, 0.1) is 24.4 Å².